The Morgan fingerprint density at radius 3 is 2.50 bits per heavy atom. The summed E-state index contributed by atoms with van der Waals surface area (Å²) in [7, 11) is 0. The molecule has 4 rings (SSSR count). The molecule has 0 unspecified atom stereocenters. The van der Waals surface area contributed by atoms with Gasteiger partial charge in [-0.15, -0.1) is 0 Å². The van der Waals surface area contributed by atoms with E-state index in [2.05, 4.69) is 10.6 Å². The minimum Gasteiger partial charge on any atom is -0.389 e. The van der Waals surface area contributed by atoms with E-state index < -0.39 is 6.10 Å². The first-order chi connectivity index (χ1) is 16.5. The lowest BCUT2D eigenvalue weighted by Gasteiger charge is -2.44. The van der Waals surface area contributed by atoms with E-state index in [1.165, 1.54) is 0 Å². The maximum absolute atomic E-state index is 13.1. The van der Waals surface area contributed by atoms with Crippen LogP contribution in [0.3, 0.4) is 0 Å². The number of hydrogen-bond donors (Lipinski definition) is 3. The molecule has 8 heteroatoms. The maximum Gasteiger partial charge on any atom is 0.322 e. The third kappa shape index (κ3) is 6.34. The van der Waals surface area contributed by atoms with Gasteiger partial charge in [-0.1, -0.05) is 48.5 Å². The Balaban J connectivity index is 1.37. The number of urea groups is 1. The van der Waals surface area contributed by atoms with E-state index in [-0.39, 0.29) is 62.4 Å². The number of anilines is 1. The van der Waals surface area contributed by atoms with E-state index >= 15 is 0 Å². The molecule has 2 heterocycles. The lowest BCUT2D eigenvalue weighted by atomic mass is 9.94. The Kier molecular flexibility index (Phi) is 8.16. The summed E-state index contributed by atoms with van der Waals surface area (Å²) in [6.45, 7) is 2.50. The van der Waals surface area contributed by atoms with Crippen LogP contribution in [0.5, 0.6) is 0 Å². The van der Waals surface area contributed by atoms with Crippen LogP contribution in [-0.2, 0) is 14.3 Å². The van der Waals surface area contributed by atoms with Crippen LogP contribution in [0.15, 0.2) is 60.7 Å². The molecule has 0 spiro atoms. The smallest absolute Gasteiger partial charge is 0.322 e. The van der Waals surface area contributed by atoms with Crippen LogP contribution < -0.4 is 10.6 Å². The Morgan fingerprint density at radius 2 is 1.76 bits per heavy atom. The van der Waals surface area contributed by atoms with Crippen molar-refractivity contribution in [2.45, 2.75) is 56.6 Å². The lowest BCUT2D eigenvalue weighted by Crippen LogP contribution is -2.58. The van der Waals surface area contributed by atoms with E-state index in [9.17, 15) is 14.7 Å². The number of aliphatic hydroxyl groups is 1. The van der Waals surface area contributed by atoms with Crippen molar-refractivity contribution < 1.29 is 24.2 Å². The van der Waals surface area contributed by atoms with Gasteiger partial charge in [0.25, 0.3) is 0 Å². The number of carbonyl (C=O) groups is 2. The molecule has 2 aromatic carbocycles. The summed E-state index contributed by atoms with van der Waals surface area (Å²) in [4.78, 5) is 27.4. The molecule has 2 aliphatic rings. The fraction of sp³-hybridized carbons (Fsp3) is 0.462. The van der Waals surface area contributed by atoms with Crippen LogP contribution >= 0.6 is 0 Å². The van der Waals surface area contributed by atoms with Crippen molar-refractivity contribution in [1.82, 2.24) is 10.2 Å². The summed E-state index contributed by atoms with van der Waals surface area (Å²) in [5.41, 5.74) is 1.74. The first-order valence-corrected chi connectivity index (χ1v) is 11.9. The molecular weight excluding hydrogens is 434 g/mol. The molecule has 0 radical (unpaired) electrons. The molecule has 0 aromatic heterocycles. The van der Waals surface area contributed by atoms with E-state index in [1.807, 2.05) is 67.6 Å². The van der Waals surface area contributed by atoms with Crippen LogP contribution in [0, 0.1) is 0 Å². The third-order valence-electron chi connectivity index (χ3n) is 6.36. The molecule has 3 N–H and O–H groups in total. The number of ether oxygens (including phenoxy) is 2. The van der Waals surface area contributed by atoms with Gasteiger partial charge in [-0.05, 0) is 37.5 Å². The predicted molar refractivity (Wildman–Crippen MR) is 128 cm³/mol. The second-order valence-corrected chi connectivity index (χ2v) is 8.99. The van der Waals surface area contributed by atoms with Gasteiger partial charge in [0, 0.05) is 5.69 Å². The van der Waals surface area contributed by atoms with E-state index in [1.54, 1.807) is 4.90 Å². The number of nitrogens with one attached hydrogen (secondary N) is 2. The summed E-state index contributed by atoms with van der Waals surface area (Å²) in [5.74, 6) is -0.0688. The van der Waals surface area contributed by atoms with Gasteiger partial charge < -0.3 is 30.1 Å². The first-order valence-electron chi connectivity index (χ1n) is 11.9. The SMILES string of the molecule is C[C@H](NC(=O)C[C@H]1CC[C@H]2[C@@H](COC[C@@H](O)CN2C(=O)Nc2ccccc2)O1)c1ccccc1. The summed E-state index contributed by atoms with van der Waals surface area (Å²) in [6, 6.07) is 18.4. The highest BCUT2D eigenvalue weighted by molar-refractivity contribution is 5.89. The van der Waals surface area contributed by atoms with Crippen LogP contribution in [0.4, 0.5) is 10.5 Å². The Hall–Kier alpha value is -2.94. The topological polar surface area (TPSA) is 100 Å². The van der Waals surface area contributed by atoms with Gasteiger partial charge in [0.1, 0.15) is 6.10 Å². The highest BCUT2D eigenvalue weighted by Crippen LogP contribution is 2.28. The first kappa shape index (κ1) is 24.2. The molecule has 2 fully saturated rings. The van der Waals surface area contributed by atoms with Crippen LogP contribution in [0.25, 0.3) is 0 Å². The van der Waals surface area contributed by atoms with Crippen LogP contribution in [0.1, 0.15) is 37.8 Å². The second-order valence-electron chi connectivity index (χ2n) is 8.99. The molecule has 0 bridgehead atoms. The predicted octanol–water partition coefficient (Wildman–Crippen LogP) is 3.10. The highest BCUT2D eigenvalue weighted by Gasteiger charge is 2.40. The third-order valence-corrected chi connectivity index (χ3v) is 6.36. The Morgan fingerprint density at radius 1 is 1.06 bits per heavy atom. The standard InChI is InChI=1S/C26H33N3O5/c1-18(19-8-4-2-5-9-19)27-25(31)14-22-12-13-23-24(34-22)17-33-16-21(30)15-29(23)26(32)28-20-10-6-3-7-11-20/h2-11,18,21-24,30H,12-17H2,1H3,(H,27,31)(H,28,32)/t18-,21-,22+,23-,24+/m0/s1. The van der Waals surface area contributed by atoms with Crippen molar-refractivity contribution in [2.24, 2.45) is 0 Å². The second kappa shape index (κ2) is 11.5. The van der Waals surface area contributed by atoms with Crippen molar-refractivity contribution in [2.75, 3.05) is 25.1 Å². The number of nitrogens with zero attached hydrogens (tertiary/aromatic N) is 1. The molecule has 3 amide bonds. The Labute approximate surface area is 200 Å². The zero-order chi connectivity index (χ0) is 23.9. The highest BCUT2D eigenvalue weighted by atomic mass is 16.5. The van der Waals surface area contributed by atoms with Crippen molar-refractivity contribution in [3.8, 4) is 0 Å². The number of carbonyl (C=O) groups excluding carboxylic acids is 2. The number of fused-ring (bicyclic) bond motifs is 1. The van der Waals surface area contributed by atoms with Gasteiger partial charge in [-0.25, -0.2) is 4.79 Å². The fourth-order valence-electron chi connectivity index (χ4n) is 4.62. The van der Waals surface area contributed by atoms with Gasteiger partial charge in [0.2, 0.25) is 5.91 Å². The molecule has 0 aliphatic carbocycles. The summed E-state index contributed by atoms with van der Waals surface area (Å²) < 4.78 is 11.9. The molecule has 5 atom stereocenters. The average molecular weight is 468 g/mol. The van der Waals surface area contributed by atoms with Gasteiger partial charge in [0.05, 0.1) is 50.5 Å². The van der Waals surface area contributed by atoms with Crippen molar-refractivity contribution in [1.29, 1.82) is 0 Å². The van der Waals surface area contributed by atoms with Crippen molar-refractivity contribution in [3.63, 3.8) is 0 Å². The average Bonchev–Trinajstić information content (AvgIpc) is 2.83. The van der Waals surface area contributed by atoms with Crippen molar-refractivity contribution >= 4 is 17.6 Å². The van der Waals surface area contributed by atoms with E-state index in [4.69, 9.17) is 9.47 Å². The maximum atomic E-state index is 13.1. The molecule has 8 nitrogen and oxygen atoms in total. The molecule has 34 heavy (non-hydrogen) atoms. The monoisotopic (exact) mass is 467 g/mol. The van der Waals surface area contributed by atoms with Gasteiger partial charge in [-0.3, -0.25) is 4.79 Å². The number of rotatable bonds is 5. The van der Waals surface area contributed by atoms with E-state index in [0.29, 0.717) is 18.5 Å². The van der Waals surface area contributed by atoms with E-state index in [0.717, 1.165) is 5.56 Å². The van der Waals surface area contributed by atoms with Gasteiger partial charge in [0.15, 0.2) is 0 Å². The van der Waals surface area contributed by atoms with Crippen LogP contribution in [0.2, 0.25) is 0 Å². The fourth-order valence-corrected chi connectivity index (χ4v) is 4.62. The summed E-state index contributed by atoms with van der Waals surface area (Å²) in [5, 5.41) is 16.2. The molecule has 2 saturated heterocycles. The molecular formula is C26H33N3O5. The largest absolute Gasteiger partial charge is 0.389 e. The zero-order valence-corrected chi connectivity index (χ0v) is 19.4. The summed E-state index contributed by atoms with van der Waals surface area (Å²) in [6.07, 6.45) is 0.155. The number of benzene rings is 2. The quantitative estimate of drug-likeness (QED) is 0.628. The number of aliphatic hydroxyl groups excluding tert-OH is 1. The van der Waals surface area contributed by atoms with Crippen molar-refractivity contribution in [3.05, 3.63) is 66.2 Å². The normalized spacial score (nSPS) is 25.9. The molecule has 182 valence electrons. The molecule has 0 saturated carbocycles. The Bertz CT molecular complexity index is 942. The van der Waals surface area contributed by atoms with Gasteiger partial charge in [-0.2, -0.15) is 0 Å². The number of β-amino-alcohol motifs (C(OH)–C–C–N with tert-alkyl or cyclic N) is 1. The molecule has 2 aromatic rings. The molecule has 2 aliphatic heterocycles. The zero-order valence-electron chi connectivity index (χ0n) is 19.4. The van der Waals surface area contributed by atoms with Gasteiger partial charge >= 0.3 is 6.03 Å². The summed E-state index contributed by atoms with van der Waals surface area (Å²) >= 11 is 0. The number of hydrogen-bond acceptors (Lipinski definition) is 5. The number of para-hydroxylation sites is 1. The lowest BCUT2D eigenvalue weighted by molar-refractivity contribution is -0.150. The van der Waals surface area contributed by atoms with Crippen LogP contribution in [-0.4, -0.2) is 66.1 Å². The minimum absolute atomic E-state index is 0.0688. The number of amides is 3. The minimum atomic E-state index is -0.773.